The van der Waals surface area contributed by atoms with Crippen LogP contribution in [0.4, 0.5) is 0 Å². The zero-order valence-corrected chi connectivity index (χ0v) is 13.5. The van der Waals surface area contributed by atoms with Crippen LogP contribution in [0, 0.1) is 0 Å². The average Bonchev–Trinajstić information content (AvgIpc) is 2.96. The molecule has 0 saturated heterocycles. The smallest absolute Gasteiger partial charge is 0.280 e. The van der Waals surface area contributed by atoms with Crippen molar-refractivity contribution in [1.82, 2.24) is 10.3 Å². The Labute approximate surface area is 137 Å². The molecule has 0 fully saturated rings. The molecule has 6 nitrogen and oxygen atoms in total. The second-order valence-corrected chi connectivity index (χ2v) is 7.45. The number of thiazole rings is 1. The van der Waals surface area contributed by atoms with E-state index in [1.165, 1.54) is 23.5 Å². The predicted octanol–water partition coefficient (Wildman–Crippen LogP) is 1.87. The third-order valence-corrected chi connectivity index (χ3v) is 5.16. The highest BCUT2D eigenvalue weighted by molar-refractivity contribution is 7.89. The fourth-order valence-corrected chi connectivity index (χ4v) is 3.42. The number of primary sulfonamides is 1. The predicted molar refractivity (Wildman–Crippen MR) is 88.6 cm³/mol. The van der Waals surface area contributed by atoms with E-state index in [2.05, 4.69) is 10.3 Å². The Bertz CT molecular complexity index is 930. The van der Waals surface area contributed by atoms with Crippen LogP contribution >= 0.6 is 11.3 Å². The van der Waals surface area contributed by atoms with Gasteiger partial charge in [-0.25, -0.2) is 18.5 Å². The largest absolute Gasteiger partial charge is 0.346 e. The van der Waals surface area contributed by atoms with Gasteiger partial charge in [-0.3, -0.25) is 4.79 Å². The summed E-state index contributed by atoms with van der Waals surface area (Å²) in [6.07, 6.45) is 0. The topological polar surface area (TPSA) is 102 Å². The maximum absolute atomic E-state index is 12.1. The van der Waals surface area contributed by atoms with Crippen LogP contribution in [0.3, 0.4) is 0 Å². The zero-order chi connectivity index (χ0) is 16.4. The molecule has 0 unspecified atom stereocenters. The number of amides is 1. The summed E-state index contributed by atoms with van der Waals surface area (Å²) >= 11 is 1.33. The lowest BCUT2D eigenvalue weighted by atomic mass is 10.2. The van der Waals surface area contributed by atoms with Gasteiger partial charge in [-0.05, 0) is 29.8 Å². The van der Waals surface area contributed by atoms with E-state index in [9.17, 15) is 13.2 Å². The van der Waals surface area contributed by atoms with Gasteiger partial charge in [0, 0.05) is 6.54 Å². The molecule has 0 aliphatic heterocycles. The molecule has 1 amide bonds. The van der Waals surface area contributed by atoms with Crippen LogP contribution < -0.4 is 10.5 Å². The number of para-hydroxylation sites is 1. The number of nitrogens with zero attached hydrogens (tertiary/aromatic N) is 1. The van der Waals surface area contributed by atoms with E-state index in [1.54, 1.807) is 12.1 Å². The summed E-state index contributed by atoms with van der Waals surface area (Å²) in [4.78, 5) is 16.5. The number of rotatable bonds is 4. The van der Waals surface area contributed by atoms with E-state index in [0.29, 0.717) is 5.01 Å². The Morgan fingerprint density at radius 2 is 1.83 bits per heavy atom. The number of nitrogens with two attached hydrogens (primary N) is 1. The van der Waals surface area contributed by atoms with Crippen molar-refractivity contribution in [3.05, 3.63) is 59.1 Å². The number of sulfonamides is 1. The molecule has 3 rings (SSSR count). The van der Waals surface area contributed by atoms with Crippen molar-refractivity contribution < 1.29 is 13.2 Å². The van der Waals surface area contributed by atoms with E-state index in [1.807, 2.05) is 24.3 Å². The second kappa shape index (κ2) is 6.07. The zero-order valence-electron chi connectivity index (χ0n) is 11.9. The molecule has 1 aromatic heterocycles. The monoisotopic (exact) mass is 347 g/mol. The summed E-state index contributed by atoms with van der Waals surface area (Å²) in [7, 11) is -3.70. The molecule has 0 atom stereocenters. The van der Waals surface area contributed by atoms with E-state index in [-0.39, 0.29) is 17.3 Å². The van der Waals surface area contributed by atoms with Gasteiger partial charge in [-0.2, -0.15) is 0 Å². The molecule has 118 valence electrons. The van der Waals surface area contributed by atoms with Crippen LogP contribution in [0.2, 0.25) is 0 Å². The first-order valence-corrected chi connectivity index (χ1v) is 9.05. The van der Waals surface area contributed by atoms with Crippen LogP contribution in [0.25, 0.3) is 10.2 Å². The van der Waals surface area contributed by atoms with Crippen molar-refractivity contribution >= 4 is 37.5 Å². The van der Waals surface area contributed by atoms with Crippen LogP contribution in [-0.2, 0) is 16.6 Å². The highest BCUT2D eigenvalue weighted by Crippen LogP contribution is 2.21. The van der Waals surface area contributed by atoms with Gasteiger partial charge in [0.05, 0.1) is 15.1 Å². The Balaban J connectivity index is 1.69. The number of benzene rings is 2. The summed E-state index contributed by atoms with van der Waals surface area (Å²) in [5.41, 5.74) is 1.56. The summed E-state index contributed by atoms with van der Waals surface area (Å²) < 4.78 is 23.3. The summed E-state index contributed by atoms with van der Waals surface area (Å²) in [6, 6.07) is 13.6. The fourth-order valence-electron chi connectivity index (χ4n) is 2.02. The molecule has 0 bridgehead atoms. The van der Waals surface area contributed by atoms with Crippen molar-refractivity contribution in [3.63, 3.8) is 0 Å². The minimum Gasteiger partial charge on any atom is -0.346 e. The first-order valence-electron chi connectivity index (χ1n) is 6.69. The van der Waals surface area contributed by atoms with Crippen molar-refractivity contribution in [2.75, 3.05) is 0 Å². The maximum atomic E-state index is 12.1. The third kappa shape index (κ3) is 3.55. The van der Waals surface area contributed by atoms with Crippen LogP contribution in [0.15, 0.2) is 53.4 Å². The Morgan fingerprint density at radius 1 is 1.13 bits per heavy atom. The molecule has 0 spiro atoms. The van der Waals surface area contributed by atoms with Crippen molar-refractivity contribution in [1.29, 1.82) is 0 Å². The second-order valence-electron chi connectivity index (χ2n) is 4.86. The first kappa shape index (κ1) is 15.6. The van der Waals surface area contributed by atoms with Crippen molar-refractivity contribution in [3.8, 4) is 0 Å². The lowest BCUT2D eigenvalue weighted by Gasteiger charge is -2.04. The number of carbonyl (C=O) groups is 1. The summed E-state index contributed by atoms with van der Waals surface area (Å²) in [5.74, 6) is -0.262. The minimum atomic E-state index is -3.70. The summed E-state index contributed by atoms with van der Waals surface area (Å²) in [5, 5.41) is 8.20. The molecule has 0 saturated carbocycles. The molecule has 3 N–H and O–H groups in total. The van der Waals surface area contributed by atoms with Gasteiger partial charge in [-0.15, -0.1) is 11.3 Å². The number of aromatic nitrogens is 1. The third-order valence-electron chi connectivity index (χ3n) is 3.19. The average molecular weight is 347 g/mol. The van der Waals surface area contributed by atoms with Gasteiger partial charge < -0.3 is 5.32 Å². The SMILES string of the molecule is NS(=O)(=O)c1ccc(CNC(=O)c2nc3ccccc3s2)cc1. The molecule has 8 heteroatoms. The Kier molecular flexibility index (Phi) is 4.12. The van der Waals surface area contributed by atoms with Gasteiger partial charge >= 0.3 is 0 Å². The standard InChI is InChI=1S/C15H13N3O3S2/c16-23(20,21)11-7-5-10(6-8-11)9-17-14(19)15-18-12-3-1-2-4-13(12)22-15/h1-8H,9H2,(H,17,19)(H2,16,20,21). The van der Waals surface area contributed by atoms with Crippen LogP contribution in [0.5, 0.6) is 0 Å². The highest BCUT2D eigenvalue weighted by atomic mass is 32.2. The maximum Gasteiger partial charge on any atom is 0.280 e. The van der Waals surface area contributed by atoms with Crippen LogP contribution in [0.1, 0.15) is 15.4 Å². The number of nitrogens with one attached hydrogen (secondary N) is 1. The number of hydrogen-bond donors (Lipinski definition) is 2. The normalized spacial score (nSPS) is 11.5. The lowest BCUT2D eigenvalue weighted by molar-refractivity contribution is 0.0950. The van der Waals surface area contributed by atoms with E-state index < -0.39 is 10.0 Å². The van der Waals surface area contributed by atoms with Gasteiger partial charge in [0.2, 0.25) is 10.0 Å². The molecule has 23 heavy (non-hydrogen) atoms. The van der Waals surface area contributed by atoms with Gasteiger partial charge in [0.25, 0.3) is 5.91 Å². The van der Waals surface area contributed by atoms with Gasteiger partial charge in [-0.1, -0.05) is 24.3 Å². The Morgan fingerprint density at radius 3 is 2.48 bits per heavy atom. The molecule has 0 aliphatic carbocycles. The van der Waals surface area contributed by atoms with E-state index in [0.717, 1.165) is 15.8 Å². The minimum absolute atomic E-state index is 0.0405. The molecule has 1 heterocycles. The molecule has 3 aromatic rings. The molecular weight excluding hydrogens is 334 g/mol. The number of hydrogen-bond acceptors (Lipinski definition) is 5. The number of fused-ring (bicyclic) bond motifs is 1. The quantitative estimate of drug-likeness (QED) is 0.752. The molecule has 0 aliphatic rings. The number of carbonyl (C=O) groups excluding carboxylic acids is 1. The Hall–Kier alpha value is -2.29. The van der Waals surface area contributed by atoms with Crippen LogP contribution in [-0.4, -0.2) is 19.3 Å². The van der Waals surface area contributed by atoms with E-state index >= 15 is 0 Å². The van der Waals surface area contributed by atoms with Crippen molar-refractivity contribution in [2.24, 2.45) is 5.14 Å². The molecule has 0 radical (unpaired) electrons. The molecule has 2 aromatic carbocycles. The van der Waals surface area contributed by atoms with Gasteiger partial charge in [0.15, 0.2) is 5.01 Å². The highest BCUT2D eigenvalue weighted by Gasteiger charge is 2.12. The summed E-state index contributed by atoms with van der Waals surface area (Å²) in [6.45, 7) is 0.277. The lowest BCUT2D eigenvalue weighted by Crippen LogP contribution is -2.22. The fraction of sp³-hybridized carbons (Fsp3) is 0.0667. The molecular formula is C15H13N3O3S2. The van der Waals surface area contributed by atoms with Gasteiger partial charge in [0.1, 0.15) is 0 Å². The van der Waals surface area contributed by atoms with E-state index in [4.69, 9.17) is 5.14 Å². The van der Waals surface area contributed by atoms with Crippen molar-refractivity contribution in [2.45, 2.75) is 11.4 Å². The first-order chi connectivity index (χ1) is 10.9.